The normalized spacial score (nSPS) is 12.6. The van der Waals surface area contributed by atoms with Crippen molar-refractivity contribution in [3.05, 3.63) is 70.2 Å². The van der Waals surface area contributed by atoms with Crippen molar-refractivity contribution in [2.75, 3.05) is 12.1 Å². The van der Waals surface area contributed by atoms with E-state index in [0.717, 1.165) is 17.7 Å². The van der Waals surface area contributed by atoms with Crippen LogP contribution >= 0.6 is 11.3 Å². The molecular weight excluding hydrogens is 419 g/mol. The lowest BCUT2D eigenvalue weighted by atomic mass is 10.1. The van der Waals surface area contributed by atoms with Crippen LogP contribution in [0, 0.1) is 0 Å². The molecule has 0 saturated heterocycles. The number of ether oxygens (including phenoxy) is 2. The Labute approximate surface area is 173 Å². The van der Waals surface area contributed by atoms with Gasteiger partial charge in [-0.2, -0.15) is 13.2 Å². The van der Waals surface area contributed by atoms with Crippen molar-refractivity contribution in [3.8, 4) is 11.5 Å². The van der Waals surface area contributed by atoms with Gasteiger partial charge in [0.05, 0.1) is 5.56 Å². The minimum atomic E-state index is -4.42. The third-order valence-electron chi connectivity index (χ3n) is 4.32. The largest absolute Gasteiger partial charge is 0.454 e. The van der Waals surface area contributed by atoms with E-state index in [1.54, 1.807) is 5.38 Å². The summed E-state index contributed by atoms with van der Waals surface area (Å²) in [7, 11) is 0. The first-order valence-corrected chi connectivity index (χ1v) is 9.79. The highest BCUT2D eigenvalue weighted by Crippen LogP contribution is 2.33. The molecule has 2 N–H and O–H groups in total. The summed E-state index contributed by atoms with van der Waals surface area (Å²) in [4.78, 5) is 16.5. The standard InChI is InChI=1S/C20H16F3N3O3S/c21-20(22,23)14-3-1-2-12(6-14)8-24-18(27)15-10-30-19(26-15)25-9-13-4-5-16-17(7-13)29-11-28-16/h1-7,10H,8-9,11H2,(H,24,27)(H,25,26). The number of hydrogen-bond donors (Lipinski definition) is 2. The van der Waals surface area contributed by atoms with Gasteiger partial charge in [-0.1, -0.05) is 18.2 Å². The second kappa shape index (κ2) is 8.23. The van der Waals surface area contributed by atoms with Crippen molar-refractivity contribution >= 4 is 22.4 Å². The Kier molecular flexibility index (Phi) is 5.49. The molecule has 0 bridgehead atoms. The van der Waals surface area contributed by atoms with E-state index in [4.69, 9.17) is 9.47 Å². The lowest BCUT2D eigenvalue weighted by molar-refractivity contribution is -0.137. The van der Waals surface area contributed by atoms with E-state index in [9.17, 15) is 18.0 Å². The fourth-order valence-corrected chi connectivity index (χ4v) is 3.51. The monoisotopic (exact) mass is 435 g/mol. The van der Waals surface area contributed by atoms with E-state index in [1.165, 1.54) is 23.5 Å². The Morgan fingerprint density at radius 1 is 1.07 bits per heavy atom. The number of thiazole rings is 1. The van der Waals surface area contributed by atoms with Gasteiger partial charge in [0.25, 0.3) is 5.91 Å². The van der Waals surface area contributed by atoms with Crippen LogP contribution in [0.1, 0.15) is 27.2 Å². The van der Waals surface area contributed by atoms with E-state index in [2.05, 4.69) is 15.6 Å². The maximum atomic E-state index is 12.8. The lowest BCUT2D eigenvalue weighted by Crippen LogP contribution is -2.23. The average molecular weight is 435 g/mol. The number of amides is 1. The first kappa shape index (κ1) is 20.0. The molecule has 0 saturated carbocycles. The number of halogens is 3. The zero-order valence-electron chi connectivity index (χ0n) is 15.5. The number of carbonyl (C=O) groups excluding carboxylic acids is 1. The number of nitrogens with zero attached hydrogens (tertiary/aromatic N) is 1. The molecule has 0 aliphatic carbocycles. The number of alkyl halides is 3. The summed E-state index contributed by atoms with van der Waals surface area (Å²) < 4.78 is 48.9. The number of aromatic nitrogens is 1. The number of anilines is 1. The summed E-state index contributed by atoms with van der Waals surface area (Å²) in [5.74, 6) is 0.926. The minimum Gasteiger partial charge on any atom is -0.454 e. The molecule has 30 heavy (non-hydrogen) atoms. The van der Waals surface area contributed by atoms with Crippen molar-refractivity contribution in [1.29, 1.82) is 0 Å². The molecule has 4 rings (SSSR count). The predicted molar refractivity (Wildman–Crippen MR) is 105 cm³/mol. The van der Waals surface area contributed by atoms with E-state index in [-0.39, 0.29) is 19.0 Å². The molecule has 0 atom stereocenters. The van der Waals surface area contributed by atoms with Crippen molar-refractivity contribution in [2.24, 2.45) is 0 Å². The Balaban J connectivity index is 1.32. The Morgan fingerprint density at radius 3 is 2.70 bits per heavy atom. The molecule has 2 heterocycles. The number of hydrogen-bond acceptors (Lipinski definition) is 6. The average Bonchev–Trinajstić information content (AvgIpc) is 3.39. The van der Waals surface area contributed by atoms with E-state index in [1.807, 2.05) is 18.2 Å². The van der Waals surface area contributed by atoms with Gasteiger partial charge in [0.2, 0.25) is 6.79 Å². The predicted octanol–water partition coefficient (Wildman–Crippen LogP) is 4.43. The molecular formula is C20H16F3N3O3S. The topological polar surface area (TPSA) is 72.5 Å². The maximum absolute atomic E-state index is 12.8. The summed E-state index contributed by atoms with van der Waals surface area (Å²) in [6.45, 7) is 0.660. The molecule has 6 nitrogen and oxygen atoms in total. The zero-order chi connectivity index (χ0) is 21.1. The van der Waals surface area contributed by atoms with Crippen LogP contribution in [-0.2, 0) is 19.3 Å². The fraction of sp³-hybridized carbons (Fsp3) is 0.200. The molecule has 3 aromatic rings. The summed E-state index contributed by atoms with van der Waals surface area (Å²) in [6, 6.07) is 10.4. The summed E-state index contributed by atoms with van der Waals surface area (Å²) >= 11 is 1.26. The molecule has 1 amide bonds. The summed E-state index contributed by atoms with van der Waals surface area (Å²) in [5, 5.41) is 7.86. The van der Waals surface area contributed by atoms with Crippen LogP contribution in [0.25, 0.3) is 0 Å². The molecule has 1 aromatic heterocycles. The molecule has 2 aromatic carbocycles. The third kappa shape index (κ3) is 4.65. The number of nitrogens with one attached hydrogen (secondary N) is 2. The van der Waals surface area contributed by atoms with Gasteiger partial charge in [-0.15, -0.1) is 11.3 Å². The summed E-state index contributed by atoms with van der Waals surface area (Å²) in [6.07, 6.45) is -4.42. The minimum absolute atomic E-state index is 0.0275. The van der Waals surface area contributed by atoms with Crippen molar-refractivity contribution in [2.45, 2.75) is 19.3 Å². The summed E-state index contributed by atoms with van der Waals surface area (Å²) in [5.41, 5.74) is 0.762. The Morgan fingerprint density at radius 2 is 1.87 bits per heavy atom. The highest BCUT2D eigenvalue weighted by Gasteiger charge is 2.30. The number of rotatable bonds is 6. The fourth-order valence-electron chi connectivity index (χ4n) is 2.82. The highest BCUT2D eigenvalue weighted by molar-refractivity contribution is 7.13. The molecule has 0 spiro atoms. The van der Waals surface area contributed by atoms with Crippen molar-refractivity contribution in [3.63, 3.8) is 0 Å². The number of benzene rings is 2. The van der Waals surface area contributed by atoms with Crippen LogP contribution in [-0.4, -0.2) is 17.7 Å². The van der Waals surface area contributed by atoms with Gasteiger partial charge in [0.1, 0.15) is 5.69 Å². The lowest BCUT2D eigenvalue weighted by Gasteiger charge is -2.09. The maximum Gasteiger partial charge on any atom is 0.416 e. The van der Waals surface area contributed by atoms with Gasteiger partial charge in [0, 0.05) is 18.5 Å². The molecule has 0 radical (unpaired) electrons. The quantitative estimate of drug-likeness (QED) is 0.599. The molecule has 0 unspecified atom stereocenters. The molecule has 10 heteroatoms. The number of fused-ring (bicyclic) bond motifs is 1. The SMILES string of the molecule is O=C(NCc1cccc(C(F)(F)F)c1)c1csc(NCc2ccc3c(c2)OCO3)n1. The zero-order valence-corrected chi connectivity index (χ0v) is 16.3. The van der Waals surface area contributed by atoms with Crippen LogP contribution in [0.4, 0.5) is 18.3 Å². The van der Waals surface area contributed by atoms with Crippen LogP contribution in [0.15, 0.2) is 47.8 Å². The molecule has 156 valence electrons. The molecule has 0 fully saturated rings. The third-order valence-corrected chi connectivity index (χ3v) is 5.12. The first-order valence-electron chi connectivity index (χ1n) is 8.91. The van der Waals surface area contributed by atoms with Gasteiger partial charge >= 0.3 is 6.18 Å². The smallest absolute Gasteiger partial charge is 0.416 e. The van der Waals surface area contributed by atoms with Crippen LogP contribution in [0.3, 0.4) is 0 Å². The van der Waals surface area contributed by atoms with Gasteiger partial charge < -0.3 is 20.1 Å². The second-order valence-corrected chi connectivity index (χ2v) is 7.32. The Hall–Kier alpha value is -3.27. The number of carbonyl (C=O) groups is 1. The van der Waals surface area contributed by atoms with Gasteiger partial charge in [-0.05, 0) is 35.4 Å². The second-order valence-electron chi connectivity index (χ2n) is 6.46. The van der Waals surface area contributed by atoms with Crippen molar-refractivity contribution < 1.29 is 27.4 Å². The molecule has 1 aliphatic heterocycles. The van der Waals surface area contributed by atoms with Crippen LogP contribution < -0.4 is 20.1 Å². The first-order chi connectivity index (χ1) is 14.4. The van der Waals surface area contributed by atoms with Crippen molar-refractivity contribution in [1.82, 2.24) is 10.3 Å². The van der Waals surface area contributed by atoms with Crippen LogP contribution in [0.5, 0.6) is 11.5 Å². The van der Waals surface area contributed by atoms with E-state index in [0.29, 0.717) is 28.7 Å². The highest BCUT2D eigenvalue weighted by atomic mass is 32.1. The van der Waals surface area contributed by atoms with E-state index >= 15 is 0 Å². The Bertz CT molecular complexity index is 1070. The van der Waals surface area contributed by atoms with Crippen LogP contribution in [0.2, 0.25) is 0 Å². The van der Waals surface area contributed by atoms with Gasteiger partial charge in [-0.3, -0.25) is 4.79 Å². The van der Waals surface area contributed by atoms with Gasteiger partial charge in [-0.25, -0.2) is 4.98 Å². The van der Waals surface area contributed by atoms with Gasteiger partial charge in [0.15, 0.2) is 16.6 Å². The molecule has 1 aliphatic rings. The van der Waals surface area contributed by atoms with E-state index < -0.39 is 17.6 Å².